The molecule has 2 atom stereocenters. The maximum absolute atomic E-state index is 5.72. The summed E-state index contributed by atoms with van der Waals surface area (Å²) in [6, 6.07) is 0. The third kappa shape index (κ3) is 9.36. The number of allylic oxidation sites excluding steroid dienone is 3. The van der Waals surface area contributed by atoms with Crippen LogP contribution in [0.2, 0.25) is 0 Å². The first-order chi connectivity index (χ1) is 9.88. The minimum atomic E-state index is 0.529. The molecule has 1 heterocycles. The van der Waals surface area contributed by atoms with E-state index in [1.807, 2.05) is 0 Å². The third-order valence-electron chi connectivity index (χ3n) is 3.99. The van der Waals surface area contributed by atoms with Crippen LogP contribution in [0.25, 0.3) is 0 Å². The van der Waals surface area contributed by atoms with Crippen LogP contribution in [0, 0.1) is 0 Å². The molecule has 1 aliphatic rings. The largest absolute Gasteiger partial charge is 0.369 e. The van der Waals surface area contributed by atoms with Crippen molar-refractivity contribution in [2.75, 3.05) is 0 Å². The summed E-state index contributed by atoms with van der Waals surface area (Å²) in [5.74, 6) is 0. The van der Waals surface area contributed by atoms with Crippen LogP contribution in [-0.2, 0) is 4.74 Å². The highest BCUT2D eigenvalue weighted by Crippen LogP contribution is 2.30. The molecular formula is C19H34O. The maximum Gasteiger partial charge on any atom is 0.0876 e. The van der Waals surface area contributed by atoms with Gasteiger partial charge in [0.15, 0.2) is 0 Å². The van der Waals surface area contributed by atoms with Gasteiger partial charge < -0.3 is 4.74 Å². The molecule has 0 bridgehead atoms. The van der Waals surface area contributed by atoms with Gasteiger partial charge in [-0.2, -0.15) is 0 Å². The first-order valence-electron chi connectivity index (χ1n) is 8.84. The predicted octanol–water partition coefficient (Wildman–Crippen LogP) is 6.20. The summed E-state index contributed by atoms with van der Waals surface area (Å²) < 4.78 is 5.72. The van der Waals surface area contributed by atoms with E-state index in [-0.39, 0.29) is 0 Å². The molecule has 0 spiro atoms. The monoisotopic (exact) mass is 278 g/mol. The van der Waals surface area contributed by atoms with Crippen molar-refractivity contribution in [3.8, 4) is 0 Å². The second kappa shape index (κ2) is 12.2. The second-order valence-electron chi connectivity index (χ2n) is 5.95. The van der Waals surface area contributed by atoms with Crippen molar-refractivity contribution in [3.05, 3.63) is 24.3 Å². The van der Waals surface area contributed by atoms with E-state index < -0.39 is 0 Å². The molecule has 0 aromatic heterocycles. The van der Waals surface area contributed by atoms with E-state index in [2.05, 4.69) is 38.2 Å². The zero-order valence-corrected chi connectivity index (χ0v) is 13.7. The van der Waals surface area contributed by atoms with Crippen LogP contribution in [-0.4, -0.2) is 12.2 Å². The molecule has 1 heteroatoms. The molecule has 0 N–H and O–H groups in total. The summed E-state index contributed by atoms with van der Waals surface area (Å²) >= 11 is 0. The van der Waals surface area contributed by atoms with E-state index in [4.69, 9.17) is 4.74 Å². The summed E-state index contributed by atoms with van der Waals surface area (Å²) in [5.41, 5.74) is 0. The molecular weight excluding hydrogens is 244 g/mol. The standard InChI is InChI=1S/C19H34O/c1-3-5-7-9-11-13-15-17-19-18(20-19)16-14-12-10-8-6-4-2/h6,8,12,14,18-19H,3-5,7,9-11,13,15-17H2,1-2H3/b8-6-,14-12-/t18-,19+/m0/s1. The Bertz CT molecular complexity index is 267. The highest BCUT2D eigenvalue weighted by molar-refractivity contribution is 4.97. The molecule has 116 valence electrons. The quantitative estimate of drug-likeness (QED) is 0.222. The van der Waals surface area contributed by atoms with Gasteiger partial charge in [0.25, 0.3) is 0 Å². The first kappa shape index (κ1) is 17.5. The van der Waals surface area contributed by atoms with Crippen molar-refractivity contribution >= 4 is 0 Å². The lowest BCUT2D eigenvalue weighted by Gasteiger charge is -1.99. The molecule has 1 fully saturated rings. The van der Waals surface area contributed by atoms with Gasteiger partial charge in [-0.3, -0.25) is 0 Å². The van der Waals surface area contributed by atoms with Crippen molar-refractivity contribution in [2.45, 2.75) is 96.7 Å². The second-order valence-corrected chi connectivity index (χ2v) is 5.95. The third-order valence-corrected chi connectivity index (χ3v) is 3.99. The Labute approximate surface area is 126 Å². The van der Waals surface area contributed by atoms with Crippen molar-refractivity contribution < 1.29 is 4.74 Å². The van der Waals surface area contributed by atoms with E-state index in [1.165, 1.54) is 51.4 Å². The summed E-state index contributed by atoms with van der Waals surface area (Å²) in [6.07, 6.45) is 24.5. The number of rotatable bonds is 13. The van der Waals surface area contributed by atoms with E-state index in [0.717, 1.165) is 19.3 Å². The van der Waals surface area contributed by atoms with Crippen molar-refractivity contribution in [2.24, 2.45) is 0 Å². The van der Waals surface area contributed by atoms with Gasteiger partial charge in [0.2, 0.25) is 0 Å². The lowest BCUT2D eigenvalue weighted by molar-refractivity contribution is 0.358. The average Bonchev–Trinajstić information content (AvgIpc) is 3.20. The summed E-state index contributed by atoms with van der Waals surface area (Å²) in [7, 11) is 0. The Kier molecular flexibility index (Phi) is 10.7. The van der Waals surface area contributed by atoms with Gasteiger partial charge in [0.05, 0.1) is 12.2 Å². The van der Waals surface area contributed by atoms with E-state index in [9.17, 15) is 0 Å². The Hall–Kier alpha value is -0.560. The predicted molar refractivity (Wildman–Crippen MR) is 89.1 cm³/mol. The van der Waals surface area contributed by atoms with Crippen LogP contribution < -0.4 is 0 Å². The highest BCUT2D eigenvalue weighted by Gasteiger charge is 2.36. The Morgan fingerprint density at radius 1 is 0.750 bits per heavy atom. The molecule has 0 amide bonds. The Morgan fingerprint density at radius 3 is 2.20 bits per heavy atom. The minimum Gasteiger partial charge on any atom is -0.369 e. The number of unbranched alkanes of at least 4 members (excludes halogenated alkanes) is 6. The molecule has 1 aliphatic heterocycles. The summed E-state index contributed by atoms with van der Waals surface area (Å²) in [6.45, 7) is 4.45. The fraction of sp³-hybridized carbons (Fsp3) is 0.789. The van der Waals surface area contributed by atoms with Gasteiger partial charge in [-0.1, -0.05) is 83.1 Å². The van der Waals surface area contributed by atoms with Crippen LogP contribution in [0.15, 0.2) is 24.3 Å². The van der Waals surface area contributed by atoms with Gasteiger partial charge >= 0.3 is 0 Å². The Balaban J connectivity index is 1.85. The normalized spacial score (nSPS) is 22.1. The lowest BCUT2D eigenvalue weighted by atomic mass is 10.1. The topological polar surface area (TPSA) is 12.5 Å². The average molecular weight is 278 g/mol. The van der Waals surface area contributed by atoms with Crippen LogP contribution in [0.3, 0.4) is 0 Å². The summed E-state index contributed by atoms with van der Waals surface area (Å²) in [5, 5.41) is 0. The van der Waals surface area contributed by atoms with Crippen LogP contribution in [0.5, 0.6) is 0 Å². The Morgan fingerprint density at radius 2 is 1.45 bits per heavy atom. The number of hydrogen-bond donors (Lipinski definition) is 0. The molecule has 20 heavy (non-hydrogen) atoms. The van der Waals surface area contributed by atoms with Crippen LogP contribution in [0.4, 0.5) is 0 Å². The lowest BCUT2D eigenvalue weighted by Crippen LogP contribution is -1.92. The van der Waals surface area contributed by atoms with E-state index in [1.54, 1.807) is 0 Å². The number of hydrogen-bond acceptors (Lipinski definition) is 1. The van der Waals surface area contributed by atoms with Gasteiger partial charge in [-0.15, -0.1) is 0 Å². The van der Waals surface area contributed by atoms with Crippen molar-refractivity contribution in [3.63, 3.8) is 0 Å². The van der Waals surface area contributed by atoms with Gasteiger partial charge in [-0.05, 0) is 25.7 Å². The maximum atomic E-state index is 5.72. The molecule has 1 nitrogen and oxygen atoms in total. The molecule has 0 aliphatic carbocycles. The molecule has 0 radical (unpaired) electrons. The van der Waals surface area contributed by atoms with Gasteiger partial charge in [0.1, 0.15) is 0 Å². The highest BCUT2D eigenvalue weighted by atomic mass is 16.6. The molecule has 0 saturated carbocycles. The molecule has 1 rings (SSSR count). The molecule has 1 saturated heterocycles. The SMILES string of the molecule is CC/C=C\C/C=C\C[C@@H]1O[C@@H]1CCCCCCCCC. The zero-order valence-electron chi connectivity index (χ0n) is 13.7. The van der Waals surface area contributed by atoms with Crippen LogP contribution >= 0.6 is 0 Å². The van der Waals surface area contributed by atoms with Gasteiger partial charge in [0, 0.05) is 0 Å². The fourth-order valence-electron chi connectivity index (χ4n) is 2.61. The fourth-order valence-corrected chi connectivity index (χ4v) is 2.61. The van der Waals surface area contributed by atoms with Crippen molar-refractivity contribution in [1.29, 1.82) is 0 Å². The summed E-state index contributed by atoms with van der Waals surface area (Å²) in [4.78, 5) is 0. The van der Waals surface area contributed by atoms with E-state index >= 15 is 0 Å². The van der Waals surface area contributed by atoms with Gasteiger partial charge in [-0.25, -0.2) is 0 Å². The van der Waals surface area contributed by atoms with Crippen LogP contribution in [0.1, 0.15) is 84.5 Å². The minimum absolute atomic E-state index is 0.529. The zero-order chi connectivity index (χ0) is 14.5. The number of epoxide rings is 1. The smallest absolute Gasteiger partial charge is 0.0876 e. The molecule has 0 unspecified atom stereocenters. The van der Waals surface area contributed by atoms with Crippen molar-refractivity contribution in [1.82, 2.24) is 0 Å². The molecule has 0 aromatic rings. The molecule has 0 aromatic carbocycles. The van der Waals surface area contributed by atoms with E-state index in [0.29, 0.717) is 12.2 Å². The number of ether oxygens (including phenoxy) is 1. The first-order valence-corrected chi connectivity index (χ1v) is 8.84.